The van der Waals surface area contributed by atoms with E-state index in [0.29, 0.717) is 16.2 Å². The number of anilines is 1. The lowest BCUT2D eigenvalue weighted by molar-refractivity contribution is -0.115. The van der Waals surface area contributed by atoms with Gasteiger partial charge in [0.15, 0.2) is 10.8 Å². The van der Waals surface area contributed by atoms with E-state index in [4.69, 9.17) is 0 Å². The maximum atomic E-state index is 12.7. The molecule has 4 aromatic rings. The first-order valence-electron chi connectivity index (χ1n) is 9.51. The van der Waals surface area contributed by atoms with Gasteiger partial charge in [-0.2, -0.15) is 5.10 Å². The first kappa shape index (κ1) is 19.9. The second kappa shape index (κ2) is 8.16. The minimum absolute atomic E-state index is 0.156. The minimum atomic E-state index is -0.460. The summed E-state index contributed by atoms with van der Waals surface area (Å²) in [7, 11) is 0. The van der Waals surface area contributed by atoms with Crippen LogP contribution in [0.4, 0.5) is 5.69 Å². The fraction of sp³-hybridized carbons (Fsp3) is 0.182. The second-order valence-corrected chi connectivity index (χ2v) is 8.35. The van der Waals surface area contributed by atoms with Crippen LogP contribution >= 0.6 is 11.8 Å². The van der Waals surface area contributed by atoms with Gasteiger partial charge in [0.05, 0.1) is 17.1 Å². The highest BCUT2D eigenvalue weighted by Crippen LogP contribution is 2.24. The zero-order chi connectivity index (χ0) is 21.3. The van der Waals surface area contributed by atoms with E-state index in [0.717, 1.165) is 22.5 Å². The van der Waals surface area contributed by atoms with E-state index in [2.05, 4.69) is 20.4 Å². The molecule has 7 nitrogen and oxygen atoms in total. The van der Waals surface area contributed by atoms with Crippen LogP contribution in [0, 0.1) is 13.8 Å². The van der Waals surface area contributed by atoms with E-state index < -0.39 is 5.25 Å². The number of aromatic nitrogens is 4. The molecular formula is C22H21N5O2S. The normalized spacial score (nSPS) is 12.1. The molecule has 0 aliphatic heterocycles. The van der Waals surface area contributed by atoms with Crippen LogP contribution in [0.3, 0.4) is 0 Å². The number of amides is 1. The highest BCUT2D eigenvalue weighted by Gasteiger charge is 2.19. The quantitative estimate of drug-likeness (QED) is 0.379. The maximum Gasteiger partial charge on any atom is 0.262 e. The predicted octanol–water partition coefficient (Wildman–Crippen LogP) is 3.84. The van der Waals surface area contributed by atoms with E-state index >= 15 is 0 Å². The SMILES string of the molecule is Cc1cccc(C)c1NC(=O)[C@H](C)Sc1nc2c(cnn2-c2ccccc2)c(=O)[nH]1. The molecule has 0 aliphatic carbocycles. The number of benzene rings is 2. The molecule has 152 valence electrons. The third-order valence-electron chi connectivity index (χ3n) is 4.80. The van der Waals surface area contributed by atoms with Crippen LogP contribution in [-0.4, -0.2) is 30.9 Å². The number of rotatable bonds is 5. The van der Waals surface area contributed by atoms with Crippen LogP contribution in [0.1, 0.15) is 18.1 Å². The van der Waals surface area contributed by atoms with Crippen molar-refractivity contribution in [3.63, 3.8) is 0 Å². The first-order valence-corrected chi connectivity index (χ1v) is 10.4. The molecule has 4 rings (SSSR count). The number of fused-ring (bicyclic) bond motifs is 1. The van der Waals surface area contributed by atoms with Gasteiger partial charge in [-0.25, -0.2) is 9.67 Å². The zero-order valence-electron chi connectivity index (χ0n) is 16.8. The van der Waals surface area contributed by atoms with Gasteiger partial charge in [0.1, 0.15) is 5.39 Å². The van der Waals surface area contributed by atoms with Crippen molar-refractivity contribution < 1.29 is 4.79 Å². The number of carbonyl (C=O) groups excluding carboxylic acids is 1. The lowest BCUT2D eigenvalue weighted by Gasteiger charge is -2.15. The van der Waals surface area contributed by atoms with Crippen LogP contribution in [0.15, 0.2) is 64.7 Å². The third kappa shape index (κ3) is 3.86. The van der Waals surface area contributed by atoms with Crippen molar-refractivity contribution in [2.75, 3.05) is 5.32 Å². The summed E-state index contributed by atoms with van der Waals surface area (Å²) in [5.41, 5.74) is 3.79. The average Bonchev–Trinajstić information content (AvgIpc) is 3.16. The fourth-order valence-electron chi connectivity index (χ4n) is 3.17. The Morgan fingerprint density at radius 3 is 2.50 bits per heavy atom. The lowest BCUT2D eigenvalue weighted by atomic mass is 10.1. The summed E-state index contributed by atoms with van der Waals surface area (Å²) < 4.78 is 1.62. The Labute approximate surface area is 177 Å². The Bertz CT molecular complexity index is 1260. The Hall–Kier alpha value is -3.39. The van der Waals surface area contributed by atoms with E-state index in [1.807, 2.05) is 62.4 Å². The van der Waals surface area contributed by atoms with Crippen molar-refractivity contribution in [3.05, 3.63) is 76.2 Å². The molecule has 1 amide bonds. The van der Waals surface area contributed by atoms with Crippen LogP contribution in [0.2, 0.25) is 0 Å². The Morgan fingerprint density at radius 1 is 1.10 bits per heavy atom. The van der Waals surface area contributed by atoms with Crippen molar-refractivity contribution in [2.45, 2.75) is 31.2 Å². The highest BCUT2D eigenvalue weighted by atomic mass is 32.2. The number of hydrogen-bond acceptors (Lipinski definition) is 5. The molecule has 0 aliphatic rings. The van der Waals surface area contributed by atoms with E-state index in [-0.39, 0.29) is 11.5 Å². The molecule has 2 N–H and O–H groups in total. The number of aryl methyl sites for hydroxylation is 2. The summed E-state index contributed by atoms with van der Waals surface area (Å²) in [5, 5.41) is 7.60. The molecule has 0 fully saturated rings. The molecule has 0 unspecified atom stereocenters. The number of hydrogen-bond donors (Lipinski definition) is 2. The molecule has 0 saturated carbocycles. The summed E-state index contributed by atoms with van der Waals surface area (Å²) in [6.07, 6.45) is 1.50. The van der Waals surface area contributed by atoms with Crippen LogP contribution in [-0.2, 0) is 4.79 Å². The lowest BCUT2D eigenvalue weighted by Crippen LogP contribution is -2.24. The Morgan fingerprint density at radius 2 is 1.80 bits per heavy atom. The standard InChI is InChI=1S/C22H21N5O2S/c1-13-8-7-9-14(2)18(13)24-20(28)15(3)30-22-25-19-17(21(29)26-22)12-23-27(19)16-10-5-4-6-11-16/h4-12,15H,1-3H3,(H,24,28)(H,25,26,29)/t15-/m0/s1. The van der Waals surface area contributed by atoms with Gasteiger partial charge >= 0.3 is 0 Å². The van der Waals surface area contributed by atoms with Gasteiger partial charge in [-0.3, -0.25) is 9.59 Å². The number of nitrogens with zero attached hydrogens (tertiary/aromatic N) is 3. The van der Waals surface area contributed by atoms with Crippen molar-refractivity contribution in [1.29, 1.82) is 0 Å². The van der Waals surface area contributed by atoms with Gasteiger partial charge in [0, 0.05) is 5.69 Å². The van der Waals surface area contributed by atoms with E-state index in [1.54, 1.807) is 11.6 Å². The molecule has 8 heteroatoms. The number of aromatic amines is 1. The van der Waals surface area contributed by atoms with Crippen molar-refractivity contribution >= 4 is 34.4 Å². The fourth-order valence-corrected chi connectivity index (χ4v) is 3.96. The largest absolute Gasteiger partial charge is 0.325 e. The molecule has 1 atom stereocenters. The summed E-state index contributed by atoms with van der Waals surface area (Å²) in [6, 6.07) is 15.4. The topological polar surface area (TPSA) is 92.7 Å². The van der Waals surface area contributed by atoms with Crippen LogP contribution < -0.4 is 10.9 Å². The summed E-state index contributed by atoms with van der Waals surface area (Å²) in [6.45, 7) is 5.70. The number of nitrogens with one attached hydrogen (secondary N) is 2. The Balaban J connectivity index is 1.60. The average molecular weight is 420 g/mol. The molecule has 0 radical (unpaired) electrons. The molecule has 0 spiro atoms. The van der Waals surface area contributed by atoms with E-state index in [1.165, 1.54) is 18.0 Å². The van der Waals surface area contributed by atoms with Crippen LogP contribution in [0.25, 0.3) is 16.7 Å². The van der Waals surface area contributed by atoms with Crippen molar-refractivity contribution in [3.8, 4) is 5.69 Å². The Kier molecular flexibility index (Phi) is 5.41. The zero-order valence-corrected chi connectivity index (χ0v) is 17.7. The number of para-hydroxylation sites is 2. The van der Waals surface area contributed by atoms with Gasteiger partial charge in [-0.15, -0.1) is 0 Å². The molecule has 2 aromatic heterocycles. The molecule has 2 aromatic carbocycles. The van der Waals surface area contributed by atoms with Gasteiger partial charge in [0.25, 0.3) is 5.56 Å². The number of H-pyrrole nitrogens is 1. The molecule has 30 heavy (non-hydrogen) atoms. The number of carbonyl (C=O) groups is 1. The molecule has 2 heterocycles. The smallest absolute Gasteiger partial charge is 0.262 e. The molecule has 0 saturated heterocycles. The van der Waals surface area contributed by atoms with Gasteiger partial charge < -0.3 is 10.3 Å². The minimum Gasteiger partial charge on any atom is -0.325 e. The van der Waals surface area contributed by atoms with Crippen molar-refractivity contribution in [2.24, 2.45) is 0 Å². The maximum absolute atomic E-state index is 12.7. The van der Waals surface area contributed by atoms with Crippen LogP contribution in [0.5, 0.6) is 0 Å². The first-order chi connectivity index (χ1) is 14.4. The second-order valence-electron chi connectivity index (χ2n) is 7.02. The van der Waals surface area contributed by atoms with E-state index in [9.17, 15) is 9.59 Å². The summed E-state index contributed by atoms with van der Waals surface area (Å²) in [5.74, 6) is -0.156. The summed E-state index contributed by atoms with van der Waals surface area (Å²) >= 11 is 1.20. The predicted molar refractivity (Wildman–Crippen MR) is 119 cm³/mol. The van der Waals surface area contributed by atoms with Crippen molar-refractivity contribution in [1.82, 2.24) is 19.7 Å². The van der Waals surface area contributed by atoms with Gasteiger partial charge in [0.2, 0.25) is 5.91 Å². The molecular weight excluding hydrogens is 398 g/mol. The highest BCUT2D eigenvalue weighted by molar-refractivity contribution is 8.00. The van der Waals surface area contributed by atoms with Gasteiger partial charge in [-0.1, -0.05) is 48.2 Å². The number of thioether (sulfide) groups is 1. The third-order valence-corrected chi connectivity index (χ3v) is 5.79. The monoisotopic (exact) mass is 419 g/mol. The molecule has 0 bridgehead atoms. The summed E-state index contributed by atoms with van der Waals surface area (Å²) in [4.78, 5) is 32.6. The van der Waals surface area contributed by atoms with Gasteiger partial charge in [-0.05, 0) is 44.0 Å².